The zero-order chi connectivity index (χ0) is 22.7. The van der Waals surface area contributed by atoms with Crippen LogP contribution in [0.1, 0.15) is 93.0 Å². The van der Waals surface area contributed by atoms with Gasteiger partial charge in [0.1, 0.15) is 5.82 Å². The SMILES string of the molecule is O=C1c2ccc(F)c(SCCCCCCCNC3CC4(CCC4)C3)c2CN1C1CCCNC1. The third-order valence-corrected chi connectivity index (χ3v) is 9.74. The molecule has 5 rings (SSSR count). The Kier molecular flexibility index (Phi) is 7.63. The number of nitrogens with one attached hydrogen (secondary N) is 2. The van der Waals surface area contributed by atoms with E-state index in [-0.39, 0.29) is 17.8 Å². The van der Waals surface area contributed by atoms with E-state index in [2.05, 4.69) is 10.6 Å². The Bertz CT molecular complexity index is 829. The fraction of sp³-hybridized carbons (Fsp3) is 0.741. The van der Waals surface area contributed by atoms with Gasteiger partial charge in [0, 0.05) is 41.2 Å². The predicted octanol–water partition coefficient (Wildman–Crippen LogP) is 5.50. The number of piperidine rings is 1. The number of amides is 1. The van der Waals surface area contributed by atoms with Gasteiger partial charge in [0.05, 0.1) is 0 Å². The zero-order valence-electron chi connectivity index (χ0n) is 20.0. The molecule has 0 radical (unpaired) electrons. The van der Waals surface area contributed by atoms with Crippen molar-refractivity contribution in [2.45, 2.75) is 101 Å². The molecule has 0 bridgehead atoms. The minimum atomic E-state index is -0.166. The highest BCUT2D eigenvalue weighted by Gasteiger charge is 2.47. The Hall–Kier alpha value is -1.11. The minimum Gasteiger partial charge on any atom is -0.330 e. The second-order valence-corrected chi connectivity index (χ2v) is 12.0. The van der Waals surface area contributed by atoms with Gasteiger partial charge < -0.3 is 15.5 Å². The summed E-state index contributed by atoms with van der Waals surface area (Å²) >= 11 is 1.61. The van der Waals surface area contributed by atoms with Crippen LogP contribution in [0.2, 0.25) is 0 Å². The number of thioether (sulfide) groups is 1. The number of nitrogens with zero attached hydrogens (tertiary/aromatic N) is 1. The summed E-state index contributed by atoms with van der Waals surface area (Å²) in [6.45, 7) is 3.61. The van der Waals surface area contributed by atoms with Crippen molar-refractivity contribution in [2.24, 2.45) is 5.41 Å². The maximum Gasteiger partial charge on any atom is 0.254 e. The highest BCUT2D eigenvalue weighted by molar-refractivity contribution is 7.99. The summed E-state index contributed by atoms with van der Waals surface area (Å²) in [5.41, 5.74) is 2.40. The normalized spacial score (nSPS) is 24.1. The zero-order valence-corrected chi connectivity index (χ0v) is 20.8. The molecule has 1 atom stereocenters. The van der Waals surface area contributed by atoms with Crippen molar-refractivity contribution in [1.82, 2.24) is 15.5 Å². The fourth-order valence-corrected chi connectivity index (χ4v) is 7.46. The number of fused-ring (bicyclic) bond motifs is 1. The molecule has 2 aliphatic heterocycles. The van der Waals surface area contributed by atoms with E-state index in [4.69, 9.17) is 0 Å². The van der Waals surface area contributed by atoms with Crippen LogP contribution >= 0.6 is 11.8 Å². The van der Waals surface area contributed by atoms with Crippen molar-refractivity contribution in [3.8, 4) is 0 Å². The quantitative estimate of drug-likeness (QED) is 0.329. The maximum atomic E-state index is 14.7. The van der Waals surface area contributed by atoms with Gasteiger partial charge in [-0.15, -0.1) is 11.8 Å². The van der Waals surface area contributed by atoms with Gasteiger partial charge in [-0.3, -0.25) is 4.79 Å². The lowest BCUT2D eigenvalue weighted by molar-refractivity contribution is -0.00195. The molecule has 1 spiro atoms. The smallest absolute Gasteiger partial charge is 0.254 e. The van der Waals surface area contributed by atoms with Crippen LogP contribution in [0.3, 0.4) is 0 Å². The second kappa shape index (κ2) is 10.7. The van der Waals surface area contributed by atoms with Gasteiger partial charge in [-0.25, -0.2) is 4.39 Å². The molecule has 1 aromatic carbocycles. The predicted molar refractivity (Wildman–Crippen MR) is 133 cm³/mol. The number of carbonyl (C=O) groups is 1. The molecule has 182 valence electrons. The molecular weight excluding hydrogens is 433 g/mol. The van der Waals surface area contributed by atoms with Crippen molar-refractivity contribution in [3.63, 3.8) is 0 Å². The molecular formula is C27H40FN3OS. The van der Waals surface area contributed by atoms with Crippen molar-refractivity contribution < 1.29 is 9.18 Å². The molecule has 6 heteroatoms. The van der Waals surface area contributed by atoms with E-state index in [1.807, 2.05) is 4.90 Å². The molecule has 3 fully saturated rings. The first-order valence-electron chi connectivity index (χ1n) is 13.3. The first-order valence-corrected chi connectivity index (χ1v) is 14.3. The van der Waals surface area contributed by atoms with Crippen LogP contribution in [0, 0.1) is 11.2 Å². The average Bonchev–Trinajstić information content (AvgIpc) is 3.11. The van der Waals surface area contributed by atoms with E-state index < -0.39 is 0 Å². The third-order valence-electron chi connectivity index (χ3n) is 8.52. The van der Waals surface area contributed by atoms with Crippen LogP contribution in [0.15, 0.2) is 17.0 Å². The molecule has 2 saturated carbocycles. The molecule has 1 aromatic rings. The van der Waals surface area contributed by atoms with Crippen LogP contribution in [0.5, 0.6) is 0 Å². The highest BCUT2D eigenvalue weighted by Crippen LogP contribution is 2.55. The van der Waals surface area contributed by atoms with E-state index in [0.717, 1.165) is 61.7 Å². The molecule has 2 heterocycles. The molecule has 1 amide bonds. The number of carbonyl (C=O) groups excluding carboxylic acids is 1. The number of halogens is 1. The summed E-state index contributed by atoms with van der Waals surface area (Å²) in [4.78, 5) is 15.6. The standard InChI is InChI=1S/C27H40FN3OS/c28-24-10-9-22-23(19-31(26(22)32)21-8-6-13-29-18-21)25(24)33-15-5-3-1-2-4-14-30-20-16-27(17-20)11-7-12-27/h9-10,20-21,29-30H,1-8,11-19H2. The number of unbranched alkanes of at least 4 members (excludes halogenated alkanes) is 4. The van der Waals surface area contributed by atoms with E-state index in [1.165, 1.54) is 63.9 Å². The Balaban J connectivity index is 0.990. The lowest BCUT2D eigenvalue weighted by atomic mass is 9.54. The number of hydrogen-bond acceptors (Lipinski definition) is 4. The van der Waals surface area contributed by atoms with Gasteiger partial charge in [-0.2, -0.15) is 0 Å². The van der Waals surface area contributed by atoms with Crippen LogP contribution < -0.4 is 10.6 Å². The lowest BCUT2D eigenvalue weighted by Gasteiger charge is -2.54. The van der Waals surface area contributed by atoms with Crippen LogP contribution in [-0.2, 0) is 6.54 Å². The Morgan fingerprint density at radius 1 is 1.12 bits per heavy atom. The molecule has 2 aliphatic carbocycles. The topological polar surface area (TPSA) is 44.4 Å². The van der Waals surface area contributed by atoms with Crippen molar-refractivity contribution >= 4 is 17.7 Å². The Labute approximate surface area is 202 Å². The van der Waals surface area contributed by atoms with Gasteiger partial charge >= 0.3 is 0 Å². The maximum absolute atomic E-state index is 14.7. The van der Waals surface area contributed by atoms with Gasteiger partial charge in [0.2, 0.25) is 0 Å². The third kappa shape index (κ3) is 5.28. The Morgan fingerprint density at radius 2 is 1.94 bits per heavy atom. The van der Waals surface area contributed by atoms with E-state index in [9.17, 15) is 9.18 Å². The van der Waals surface area contributed by atoms with E-state index in [0.29, 0.717) is 17.0 Å². The van der Waals surface area contributed by atoms with E-state index in [1.54, 1.807) is 17.8 Å². The summed E-state index contributed by atoms with van der Waals surface area (Å²) in [6, 6.07) is 4.21. The Morgan fingerprint density at radius 3 is 2.70 bits per heavy atom. The number of hydrogen-bond donors (Lipinski definition) is 2. The van der Waals surface area contributed by atoms with Gasteiger partial charge in [0.15, 0.2) is 0 Å². The molecule has 2 N–H and O–H groups in total. The largest absolute Gasteiger partial charge is 0.330 e. The molecule has 4 nitrogen and oxygen atoms in total. The minimum absolute atomic E-state index is 0.0823. The second-order valence-electron chi connectivity index (χ2n) is 10.9. The average molecular weight is 474 g/mol. The molecule has 4 aliphatic rings. The van der Waals surface area contributed by atoms with Crippen LogP contribution in [0.4, 0.5) is 4.39 Å². The lowest BCUT2D eigenvalue weighted by Crippen LogP contribution is -2.52. The van der Waals surface area contributed by atoms with Crippen molar-refractivity contribution in [3.05, 3.63) is 29.1 Å². The molecule has 0 aromatic heterocycles. The summed E-state index contributed by atoms with van der Waals surface area (Å²) < 4.78 is 14.7. The first kappa shape index (κ1) is 23.6. The monoisotopic (exact) mass is 473 g/mol. The fourth-order valence-electron chi connectivity index (χ4n) is 6.36. The van der Waals surface area contributed by atoms with Crippen molar-refractivity contribution in [1.29, 1.82) is 0 Å². The molecule has 1 saturated heterocycles. The summed E-state index contributed by atoms with van der Waals surface area (Å²) in [5, 5.41) is 7.14. The molecule has 1 unspecified atom stereocenters. The van der Waals surface area contributed by atoms with Crippen LogP contribution in [-0.4, -0.2) is 48.3 Å². The van der Waals surface area contributed by atoms with Crippen molar-refractivity contribution in [2.75, 3.05) is 25.4 Å². The summed E-state index contributed by atoms with van der Waals surface area (Å²) in [5.74, 6) is 0.842. The van der Waals surface area contributed by atoms with Gasteiger partial charge in [0.25, 0.3) is 5.91 Å². The summed E-state index contributed by atoms with van der Waals surface area (Å²) in [7, 11) is 0. The highest BCUT2D eigenvalue weighted by atomic mass is 32.2. The number of rotatable bonds is 11. The number of benzene rings is 1. The van der Waals surface area contributed by atoms with E-state index >= 15 is 0 Å². The molecule has 33 heavy (non-hydrogen) atoms. The van der Waals surface area contributed by atoms with Gasteiger partial charge in [-0.05, 0) is 87.8 Å². The van der Waals surface area contributed by atoms with Crippen LogP contribution in [0.25, 0.3) is 0 Å². The summed E-state index contributed by atoms with van der Waals surface area (Å²) in [6.07, 6.45) is 15.5. The first-order chi connectivity index (χ1) is 16.2. The van der Waals surface area contributed by atoms with Gasteiger partial charge in [-0.1, -0.05) is 25.7 Å².